The molecule has 1 fully saturated rings. The van der Waals surface area contributed by atoms with Gasteiger partial charge >= 0.3 is 0 Å². The summed E-state index contributed by atoms with van der Waals surface area (Å²) in [5.41, 5.74) is 1.13. The third kappa shape index (κ3) is 2.30. The maximum atomic E-state index is 4.19. The van der Waals surface area contributed by atoms with E-state index in [2.05, 4.69) is 44.1 Å². The summed E-state index contributed by atoms with van der Waals surface area (Å²) in [6, 6.07) is 2.09. The van der Waals surface area contributed by atoms with E-state index in [9.17, 15) is 0 Å². The van der Waals surface area contributed by atoms with Gasteiger partial charge in [-0.3, -0.25) is 0 Å². The van der Waals surface area contributed by atoms with Crippen LogP contribution in [0.2, 0.25) is 0 Å². The topological polar surface area (TPSA) is 29.0 Å². The minimum atomic E-state index is 0.594. The number of nitrogens with zero attached hydrogens (tertiary/aromatic N) is 3. The lowest BCUT2D eigenvalue weighted by Crippen LogP contribution is -2.29. The highest BCUT2D eigenvalue weighted by Crippen LogP contribution is 2.26. The van der Waals surface area contributed by atoms with Crippen LogP contribution in [0.3, 0.4) is 0 Å². The summed E-state index contributed by atoms with van der Waals surface area (Å²) < 4.78 is 1.03. The summed E-state index contributed by atoms with van der Waals surface area (Å²) in [4.78, 5) is 2.36. The Morgan fingerprint density at radius 1 is 1.43 bits per heavy atom. The standard InChI is InChI=1S/C10H14BrN3/c1-14-4-2-8(3-5-14)10-6-9(11)7-12-13-10/h6-8H,2-5H2,1H3. The smallest absolute Gasteiger partial charge is 0.0674 e. The second-order valence-electron chi connectivity index (χ2n) is 3.88. The Morgan fingerprint density at radius 2 is 2.14 bits per heavy atom. The molecule has 0 spiro atoms. The lowest BCUT2D eigenvalue weighted by molar-refractivity contribution is 0.253. The molecule has 1 aliphatic heterocycles. The predicted molar refractivity (Wildman–Crippen MR) is 59.2 cm³/mol. The van der Waals surface area contributed by atoms with Crippen molar-refractivity contribution in [3.63, 3.8) is 0 Å². The van der Waals surface area contributed by atoms with Gasteiger partial charge in [0.15, 0.2) is 0 Å². The van der Waals surface area contributed by atoms with Crippen molar-refractivity contribution in [2.75, 3.05) is 20.1 Å². The number of likely N-dealkylation sites (tertiary alicyclic amines) is 1. The highest BCUT2D eigenvalue weighted by atomic mass is 79.9. The molecule has 2 rings (SSSR count). The zero-order valence-electron chi connectivity index (χ0n) is 8.28. The fraction of sp³-hybridized carbons (Fsp3) is 0.600. The van der Waals surface area contributed by atoms with Crippen LogP contribution < -0.4 is 0 Å². The molecule has 1 aromatic rings. The van der Waals surface area contributed by atoms with E-state index >= 15 is 0 Å². The zero-order chi connectivity index (χ0) is 9.97. The first kappa shape index (κ1) is 10.1. The molecule has 4 heteroatoms. The molecule has 0 bridgehead atoms. The van der Waals surface area contributed by atoms with E-state index in [0.717, 1.165) is 10.2 Å². The number of piperidine rings is 1. The van der Waals surface area contributed by atoms with Crippen LogP contribution in [0.25, 0.3) is 0 Å². The number of aromatic nitrogens is 2. The van der Waals surface area contributed by atoms with Crippen molar-refractivity contribution in [1.82, 2.24) is 15.1 Å². The summed E-state index contributed by atoms with van der Waals surface area (Å²) in [5, 5.41) is 8.16. The molecule has 3 nitrogen and oxygen atoms in total. The average molecular weight is 256 g/mol. The molecule has 0 aliphatic carbocycles. The lowest BCUT2D eigenvalue weighted by atomic mass is 9.94. The van der Waals surface area contributed by atoms with E-state index in [0.29, 0.717) is 5.92 Å². The van der Waals surface area contributed by atoms with Crippen molar-refractivity contribution in [2.24, 2.45) is 0 Å². The van der Waals surface area contributed by atoms with Gasteiger partial charge < -0.3 is 4.90 Å². The highest BCUT2D eigenvalue weighted by molar-refractivity contribution is 9.10. The minimum absolute atomic E-state index is 0.594. The van der Waals surface area contributed by atoms with Gasteiger partial charge in [0.05, 0.1) is 11.9 Å². The van der Waals surface area contributed by atoms with Gasteiger partial charge in [-0.2, -0.15) is 10.2 Å². The van der Waals surface area contributed by atoms with Crippen molar-refractivity contribution in [3.05, 3.63) is 22.4 Å². The Bertz CT molecular complexity index is 308. The van der Waals surface area contributed by atoms with Crippen LogP contribution in [0.15, 0.2) is 16.7 Å². The summed E-state index contributed by atoms with van der Waals surface area (Å²) in [6.07, 6.45) is 4.13. The van der Waals surface area contributed by atoms with Crippen molar-refractivity contribution in [1.29, 1.82) is 0 Å². The zero-order valence-corrected chi connectivity index (χ0v) is 9.87. The van der Waals surface area contributed by atoms with E-state index in [-0.39, 0.29) is 0 Å². The Morgan fingerprint density at radius 3 is 2.79 bits per heavy atom. The predicted octanol–water partition coefficient (Wildman–Crippen LogP) is 2.05. The first-order valence-electron chi connectivity index (χ1n) is 4.92. The van der Waals surface area contributed by atoms with Gasteiger partial charge in [-0.15, -0.1) is 0 Å². The molecule has 0 aromatic carbocycles. The molecule has 76 valence electrons. The van der Waals surface area contributed by atoms with Crippen molar-refractivity contribution >= 4 is 15.9 Å². The Balaban J connectivity index is 2.08. The van der Waals surface area contributed by atoms with Gasteiger partial charge in [0, 0.05) is 10.4 Å². The van der Waals surface area contributed by atoms with Gasteiger partial charge in [0.25, 0.3) is 0 Å². The number of hydrogen-bond donors (Lipinski definition) is 0. The molecule has 1 aromatic heterocycles. The molecule has 0 saturated carbocycles. The van der Waals surface area contributed by atoms with E-state index in [1.807, 2.05) is 0 Å². The summed E-state index contributed by atoms with van der Waals surface area (Å²) in [5.74, 6) is 0.594. The van der Waals surface area contributed by atoms with E-state index in [1.54, 1.807) is 6.20 Å². The quantitative estimate of drug-likeness (QED) is 0.770. The van der Waals surface area contributed by atoms with Gasteiger partial charge in [0.2, 0.25) is 0 Å². The van der Waals surface area contributed by atoms with Crippen LogP contribution in [0, 0.1) is 0 Å². The van der Waals surface area contributed by atoms with Gasteiger partial charge in [-0.05, 0) is 55.0 Å². The number of halogens is 1. The van der Waals surface area contributed by atoms with Crippen LogP contribution in [0.4, 0.5) is 0 Å². The molecule has 14 heavy (non-hydrogen) atoms. The van der Waals surface area contributed by atoms with Gasteiger partial charge in [0.1, 0.15) is 0 Å². The molecule has 0 N–H and O–H groups in total. The molecule has 1 saturated heterocycles. The molecule has 0 atom stereocenters. The van der Waals surface area contributed by atoms with Crippen LogP contribution in [-0.4, -0.2) is 35.2 Å². The SMILES string of the molecule is CN1CCC(c2cc(Br)cnn2)CC1. The van der Waals surface area contributed by atoms with Crippen LogP contribution >= 0.6 is 15.9 Å². The minimum Gasteiger partial charge on any atom is -0.306 e. The highest BCUT2D eigenvalue weighted by Gasteiger charge is 2.19. The second-order valence-corrected chi connectivity index (χ2v) is 4.79. The molecular weight excluding hydrogens is 242 g/mol. The van der Waals surface area contributed by atoms with Crippen LogP contribution in [0.1, 0.15) is 24.5 Å². The monoisotopic (exact) mass is 255 g/mol. The van der Waals surface area contributed by atoms with E-state index < -0.39 is 0 Å². The largest absolute Gasteiger partial charge is 0.306 e. The average Bonchev–Trinajstić information content (AvgIpc) is 2.19. The fourth-order valence-corrected chi connectivity index (χ4v) is 2.19. The van der Waals surface area contributed by atoms with E-state index in [1.165, 1.54) is 25.9 Å². The second kappa shape index (κ2) is 4.36. The third-order valence-corrected chi connectivity index (χ3v) is 3.21. The molecular formula is C10H14BrN3. The third-order valence-electron chi connectivity index (χ3n) is 2.78. The summed E-state index contributed by atoms with van der Waals surface area (Å²) in [6.45, 7) is 2.33. The first-order chi connectivity index (χ1) is 6.75. The fourth-order valence-electron chi connectivity index (χ4n) is 1.86. The van der Waals surface area contributed by atoms with Crippen molar-refractivity contribution in [3.8, 4) is 0 Å². The van der Waals surface area contributed by atoms with E-state index in [4.69, 9.17) is 0 Å². The Hall–Kier alpha value is -0.480. The maximum absolute atomic E-state index is 4.19. The first-order valence-corrected chi connectivity index (χ1v) is 5.71. The van der Waals surface area contributed by atoms with Crippen molar-refractivity contribution < 1.29 is 0 Å². The normalized spacial score (nSPS) is 19.9. The molecule has 0 unspecified atom stereocenters. The van der Waals surface area contributed by atoms with Crippen molar-refractivity contribution in [2.45, 2.75) is 18.8 Å². The molecule has 2 heterocycles. The summed E-state index contributed by atoms with van der Waals surface area (Å²) >= 11 is 3.43. The number of rotatable bonds is 1. The summed E-state index contributed by atoms with van der Waals surface area (Å²) in [7, 11) is 2.17. The Kier molecular flexibility index (Phi) is 3.13. The van der Waals surface area contributed by atoms with Crippen LogP contribution in [0.5, 0.6) is 0 Å². The molecule has 0 radical (unpaired) electrons. The van der Waals surface area contributed by atoms with Gasteiger partial charge in [-0.1, -0.05) is 0 Å². The molecule has 0 amide bonds. The van der Waals surface area contributed by atoms with Gasteiger partial charge in [-0.25, -0.2) is 0 Å². The Labute approximate surface area is 92.7 Å². The molecule has 1 aliphatic rings. The maximum Gasteiger partial charge on any atom is 0.0674 e. The number of hydrogen-bond acceptors (Lipinski definition) is 3. The van der Waals surface area contributed by atoms with Crippen LogP contribution in [-0.2, 0) is 0 Å². The lowest BCUT2D eigenvalue weighted by Gasteiger charge is -2.28.